The fourth-order valence-electron chi connectivity index (χ4n) is 5.54. The van der Waals surface area contributed by atoms with E-state index in [4.69, 9.17) is 9.15 Å². The molecular formula is C20H24O5. The smallest absolute Gasteiger partial charge is 0.316 e. The molecule has 3 aliphatic rings. The van der Waals surface area contributed by atoms with E-state index < -0.39 is 29.0 Å². The van der Waals surface area contributed by atoms with Gasteiger partial charge in [-0.25, -0.2) is 0 Å². The van der Waals surface area contributed by atoms with E-state index in [2.05, 4.69) is 0 Å². The third-order valence-electron chi connectivity index (χ3n) is 6.71. The Labute approximate surface area is 147 Å². The molecule has 2 aliphatic carbocycles. The van der Waals surface area contributed by atoms with Gasteiger partial charge in [-0.2, -0.15) is 0 Å². The Morgan fingerprint density at radius 1 is 1.24 bits per heavy atom. The predicted molar refractivity (Wildman–Crippen MR) is 89.4 cm³/mol. The van der Waals surface area contributed by atoms with E-state index in [0.29, 0.717) is 12.0 Å². The van der Waals surface area contributed by atoms with Crippen LogP contribution in [-0.2, 0) is 14.3 Å². The first-order chi connectivity index (χ1) is 11.7. The van der Waals surface area contributed by atoms with Crippen LogP contribution < -0.4 is 0 Å². The standard InChI is InChI=1S/C20H24O5/c1-12-9-14(21)16-18(2,3)6-4-7-19(16)17(22)25-15(10-20(12,19)23)13-5-8-24-11-13/h5,8-9,11,15-16,23H,4,6-7,10H2,1-3H3. The van der Waals surface area contributed by atoms with Crippen molar-refractivity contribution >= 4 is 11.8 Å². The maximum Gasteiger partial charge on any atom is 0.316 e. The summed E-state index contributed by atoms with van der Waals surface area (Å²) in [7, 11) is 0. The molecule has 25 heavy (non-hydrogen) atoms. The van der Waals surface area contributed by atoms with E-state index in [9.17, 15) is 14.7 Å². The van der Waals surface area contributed by atoms with Crippen molar-refractivity contribution in [3.63, 3.8) is 0 Å². The molecule has 4 unspecified atom stereocenters. The Hall–Kier alpha value is -1.88. The van der Waals surface area contributed by atoms with Crippen LogP contribution in [0.3, 0.4) is 0 Å². The van der Waals surface area contributed by atoms with E-state index >= 15 is 0 Å². The largest absolute Gasteiger partial charge is 0.472 e. The first-order valence-corrected chi connectivity index (χ1v) is 8.90. The molecule has 4 rings (SSSR count). The average Bonchev–Trinajstić information content (AvgIpc) is 3.04. The summed E-state index contributed by atoms with van der Waals surface area (Å²) in [6, 6.07) is 1.74. The van der Waals surface area contributed by atoms with Gasteiger partial charge >= 0.3 is 5.97 Å². The second-order valence-electron chi connectivity index (χ2n) is 8.49. The second kappa shape index (κ2) is 5.07. The lowest BCUT2D eigenvalue weighted by molar-refractivity contribution is -0.229. The van der Waals surface area contributed by atoms with Gasteiger partial charge in [0, 0.05) is 17.9 Å². The van der Waals surface area contributed by atoms with Crippen molar-refractivity contribution in [2.75, 3.05) is 0 Å². The maximum atomic E-state index is 13.3. The first kappa shape index (κ1) is 16.6. The molecule has 134 valence electrons. The summed E-state index contributed by atoms with van der Waals surface area (Å²) < 4.78 is 10.9. The Balaban J connectivity index is 1.89. The van der Waals surface area contributed by atoms with Crippen LogP contribution in [0.2, 0.25) is 0 Å². The molecule has 0 aromatic carbocycles. The second-order valence-corrected chi connectivity index (χ2v) is 8.49. The Morgan fingerprint density at radius 3 is 2.68 bits per heavy atom. The summed E-state index contributed by atoms with van der Waals surface area (Å²) in [5.74, 6) is -1.07. The van der Waals surface area contributed by atoms with Gasteiger partial charge in [-0.05, 0) is 42.9 Å². The molecule has 1 aromatic heterocycles. The van der Waals surface area contributed by atoms with E-state index in [1.54, 1.807) is 19.1 Å². The normalized spacial score (nSPS) is 39.9. The fraction of sp³-hybridized carbons (Fsp3) is 0.600. The molecule has 4 atom stereocenters. The Morgan fingerprint density at radius 2 is 2.00 bits per heavy atom. The minimum Gasteiger partial charge on any atom is -0.472 e. The lowest BCUT2D eigenvalue weighted by atomic mass is 9.44. The van der Waals surface area contributed by atoms with E-state index in [-0.39, 0.29) is 17.6 Å². The third-order valence-corrected chi connectivity index (χ3v) is 6.71. The van der Waals surface area contributed by atoms with Gasteiger partial charge in [-0.3, -0.25) is 9.59 Å². The van der Waals surface area contributed by atoms with Crippen LogP contribution in [0.5, 0.6) is 0 Å². The minimum absolute atomic E-state index is 0.0643. The minimum atomic E-state index is -1.37. The van der Waals surface area contributed by atoms with Crippen LogP contribution in [0, 0.1) is 16.7 Å². The molecule has 0 radical (unpaired) electrons. The molecule has 1 N–H and O–H groups in total. The summed E-state index contributed by atoms with van der Waals surface area (Å²) in [5.41, 5.74) is -1.63. The number of cyclic esters (lactones) is 1. The van der Waals surface area contributed by atoms with Gasteiger partial charge in [0.05, 0.1) is 12.5 Å². The zero-order valence-corrected chi connectivity index (χ0v) is 14.9. The van der Waals surface area contributed by atoms with Gasteiger partial charge in [0.25, 0.3) is 0 Å². The fourth-order valence-corrected chi connectivity index (χ4v) is 5.54. The van der Waals surface area contributed by atoms with Crippen LogP contribution in [-0.4, -0.2) is 22.5 Å². The Bertz CT molecular complexity index is 759. The first-order valence-electron chi connectivity index (χ1n) is 8.90. The van der Waals surface area contributed by atoms with E-state index in [1.165, 1.54) is 12.5 Å². The van der Waals surface area contributed by atoms with Crippen molar-refractivity contribution in [2.24, 2.45) is 16.7 Å². The van der Waals surface area contributed by atoms with Gasteiger partial charge in [0.1, 0.15) is 17.1 Å². The molecule has 5 nitrogen and oxygen atoms in total. The van der Waals surface area contributed by atoms with Gasteiger partial charge in [-0.15, -0.1) is 0 Å². The SMILES string of the molecule is CC1=CC(=O)C2C(C)(C)CCCC23C(=O)OC(c2ccoc2)CC13O. The molecule has 1 aromatic rings. The molecule has 1 aliphatic heterocycles. The molecule has 0 bridgehead atoms. The summed E-state index contributed by atoms with van der Waals surface area (Å²) >= 11 is 0. The van der Waals surface area contributed by atoms with Crippen molar-refractivity contribution < 1.29 is 23.8 Å². The molecule has 2 heterocycles. The highest BCUT2D eigenvalue weighted by Crippen LogP contribution is 2.64. The van der Waals surface area contributed by atoms with Crippen LogP contribution in [0.15, 0.2) is 34.7 Å². The number of furan rings is 1. The topological polar surface area (TPSA) is 76.7 Å². The van der Waals surface area contributed by atoms with Crippen LogP contribution >= 0.6 is 0 Å². The van der Waals surface area contributed by atoms with Gasteiger partial charge < -0.3 is 14.3 Å². The highest BCUT2D eigenvalue weighted by atomic mass is 16.6. The summed E-state index contributed by atoms with van der Waals surface area (Å²) in [6.07, 6.45) is 6.41. The number of hydrogen-bond donors (Lipinski definition) is 1. The quantitative estimate of drug-likeness (QED) is 0.791. The monoisotopic (exact) mass is 344 g/mol. The summed E-state index contributed by atoms with van der Waals surface area (Å²) in [4.78, 5) is 26.2. The highest BCUT2D eigenvalue weighted by Gasteiger charge is 2.71. The van der Waals surface area contributed by atoms with Gasteiger partial charge in [0.15, 0.2) is 5.78 Å². The van der Waals surface area contributed by atoms with Gasteiger partial charge in [-0.1, -0.05) is 20.3 Å². The number of ketones is 1. The molecular weight excluding hydrogens is 320 g/mol. The third kappa shape index (κ3) is 1.99. The van der Waals surface area contributed by atoms with Crippen molar-refractivity contribution in [1.82, 2.24) is 0 Å². The number of ether oxygens (including phenoxy) is 1. The zero-order chi connectivity index (χ0) is 18.0. The number of carbonyl (C=O) groups excluding carboxylic acids is 2. The molecule has 1 saturated heterocycles. The molecule has 0 amide bonds. The van der Waals surface area contributed by atoms with Crippen LogP contribution in [0.25, 0.3) is 0 Å². The van der Waals surface area contributed by atoms with E-state index in [0.717, 1.165) is 18.4 Å². The summed E-state index contributed by atoms with van der Waals surface area (Å²) in [6.45, 7) is 5.78. The highest BCUT2D eigenvalue weighted by molar-refractivity contribution is 6.01. The number of allylic oxidation sites excluding steroid dienone is 1. The predicted octanol–water partition coefficient (Wildman–Crippen LogP) is 3.34. The average molecular weight is 344 g/mol. The van der Waals surface area contributed by atoms with Crippen LogP contribution in [0.4, 0.5) is 0 Å². The molecule has 1 spiro atoms. The molecule has 1 saturated carbocycles. The lowest BCUT2D eigenvalue weighted by Gasteiger charge is -2.61. The number of carbonyl (C=O) groups is 2. The van der Waals surface area contributed by atoms with Crippen molar-refractivity contribution in [2.45, 2.75) is 58.2 Å². The Kier molecular flexibility index (Phi) is 3.36. The van der Waals surface area contributed by atoms with Crippen molar-refractivity contribution in [1.29, 1.82) is 0 Å². The van der Waals surface area contributed by atoms with Gasteiger partial charge in [0.2, 0.25) is 0 Å². The maximum absolute atomic E-state index is 13.3. The number of hydrogen-bond acceptors (Lipinski definition) is 5. The number of esters is 1. The number of aliphatic hydroxyl groups is 1. The van der Waals surface area contributed by atoms with E-state index in [1.807, 2.05) is 13.8 Å². The number of rotatable bonds is 1. The molecule has 5 heteroatoms. The van der Waals surface area contributed by atoms with Crippen molar-refractivity contribution in [3.05, 3.63) is 35.8 Å². The zero-order valence-electron chi connectivity index (χ0n) is 14.9. The lowest BCUT2D eigenvalue weighted by Crippen LogP contribution is -2.69. The summed E-state index contributed by atoms with van der Waals surface area (Å²) in [5, 5.41) is 11.8. The molecule has 2 fully saturated rings. The van der Waals surface area contributed by atoms with Crippen molar-refractivity contribution in [3.8, 4) is 0 Å². The van der Waals surface area contributed by atoms with Crippen LogP contribution in [0.1, 0.15) is 58.1 Å².